The minimum Gasteiger partial charge on any atom is -0.508 e. The van der Waals surface area contributed by atoms with Gasteiger partial charge in [-0.15, -0.1) is 0 Å². The molecule has 20 heavy (non-hydrogen) atoms. The number of ether oxygens (including phenoxy) is 1. The van der Waals surface area contributed by atoms with Crippen molar-refractivity contribution < 1.29 is 19.0 Å². The van der Waals surface area contributed by atoms with E-state index < -0.39 is 11.7 Å². The maximum absolute atomic E-state index is 14.0. The Morgan fingerprint density at radius 2 is 2.00 bits per heavy atom. The summed E-state index contributed by atoms with van der Waals surface area (Å²) in [6.45, 7) is 0. The van der Waals surface area contributed by atoms with Gasteiger partial charge in [-0.2, -0.15) is 0 Å². The predicted molar refractivity (Wildman–Crippen MR) is 71.7 cm³/mol. The SMILES string of the molecule is COc1ccc(F)c(-c2ccc(O)cc2C(=O)NN)c1. The topological polar surface area (TPSA) is 84.6 Å². The third-order valence-electron chi connectivity index (χ3n) is 2.84. The Morgan fingerprint density at radius 1 is 1.25 bits per heavy atom. The molecule has 0 fully saturated rings. The molecular formula is C14H13FN2O3. The van der Waals surface area contributed by atoms with Crippen LogP contribution in [0.5, 0.6) is 11.5 Å². The number of carbonyl (C=O) groups excluding carboxylic acids is 1. The van der Waals surface area contributed by atoms with Crippen LogP contribution in [0.2, 0.25) is 0 Å². The third kappa shape index (κ3) is 2.55. The minimum absolute atomic E-state index is 0.0691. The Labute approximate surface area is 114 Å². The quantitative estimate of drug-likeness (QED) is 0.453. The highest BCUT2D eigenvalue weighted by Crippen LogP contribution is 2.31. The fourth-order valence-corrected chi connectivity index (χ4v) is 1.87. The number of amides is 1. The molecular weight excluding hydrogens is 263 g/mol. The number of nitrogens with one attached hydrogen (secondary N) is 1. The molecule has 2 aromatic rings. The van der Waals surface area contributed by atoms with Gasteiger partial charge in [0.2, 0.25) is 0 Å². The monoisotopic (exact) mass is 276 g/mol. The van der Waals surface area contributed by atoms with Crippen LogP contribution in [0.25, 0.3) is 11.1 Å². The molecule has 0 aliphatic carbocycles. The molecule has 0 unspecified atom stereocenters. The van der Waals surface area contributed by atoms with Gasteiger partial charge in [-0.3, -0.25) is 10.2 Å². The summed E-state index contributed by atoms with van der Waals surface area (Å²) in [6.07, 6.45) is 0. The van der Waals surface area contributed by atoms with Crippen LogP contribution in [-0.4, -0.2) is 18.1 Å². The second-order valence-electron chi connectivity index (χ2n) is 4.05. The fourth-order valence-electron chi connectivity index (χ4n) is 1.87. The number of phenolic OH excluding ortho intramolecular Hbond substituents is 1. The fraction of sp³-hybridized carbons (Fsp3) is 0.0714. The first-order chi connectivity index (χ1) is 9.56. The highest BCUT2D eigenvalue weighted by molar-refractivity contribution is 6.01. The van der Waals surface area contributed by atoms with Crippen molar-refractivity contribution in [3.05, 3.63) is 47.8 Å². The highest BCUT2D eigenvalue weighted by Gasteiger charge is 2.16. The number of rotatable bonds is 3. The molecule has 0 saturated heterocycles. The molecule has 5 nitrogen and oxygen atoms in total. The zero-order chi connectivity index (χ0) is 14.7. The third-order valence-corrected chi connectivity index (χ3v) is 2.84. The molecule has 0 aliphatic heterocycles. The van der Waals surface area contributed by atoms with Gasteiger partial charge in [-0.1, -0.05) is 0 Å². The van der Waals surface area contributed by atoms with Crippen molar-refractivity contribution in [3.63, 3.8) is 0 Å². The Balaban J connectivity index is 2.66. The molecule has 4 N–H and O–H groups in total. The van der Waals surface area contributed by atoms with E-state index in [0.29, 0.717) is 11.3 Å². The molecule has 0 aromatic heterocycles. The number of hydrazine groups is 1. The van der Waals surface area contributed by atoms with E-state index >= 15 is 0 Å². The molecule has 0 atom stereocenters. The van der Waals surface area contributed by atoms with Crippen LogP contribution in [0, 0.1) is 5.82 Å². The first-order valence-corrected chi connectivity index (χ1v) is 5.74. The second-order valence-corrected chi connectivity index (χ2v) is 4.05. The van der Waals surface area contributed by atoms with E-state index in [1.165, 1.54) is 43.5 Å². The summed E-state index contributed by atoms with van der Waals surface area (Å²) >= 11 is 0. The molecule has 2 aromatic carbocycles. The number of nitrogen functional groups attached to an aromatic ring is 1. The van der Waals surface area contributed by atoms with Gasteiger partial charge in [0.1, 0.15) is 17.3 Å². The Kier molecular flexibility index (Phi) is 3.86. The molecule has 104 valence electrons. The summed E-state index contributed by atoms with van der Waals surface area (Å²) in [5.41, 5.74) is 2.52. The number of hydrogen-bond donors (Lipinski definition) is 3. The number of carbonyl (C=O) groups is 1. The number of hydrogen-bond acceptors (Lipinski definition) is 4. The molecule has 0 heterocycles. The second kappa shape index (κ2) is 5.58. The van der Waals surface area contributed by atoms with Gasteiger partial charge in [-0.05, 0) is 42.0 Å². The lowest BCUT2D eigenvalue weighted by Gasteiger charge is -2.11. The summed E-state index contributed by atoms with van der Waals surface area (Å²) in [7, 11) is 1.46. The lowest BCUT2D eigenvalue weighted by atomic mass is 9.98. The first-order valence-electron chi connectivity index (χ1n) is 5.74. The molecule has 0 saturated carbocycles. The Morgan fingerprint density at radius 3 is 2.65 bits per heavy atom. The molecule has 0 aliphatic rings. The molecule has 1 amide bonds. The van der Waals surface area contributed by atoms with Gasteiger partial charge < -0.3 is 9.84 Å². The lowest BCUT2D eigenvalue weighted by molar-refractivity contribution is 0.0954. The average molecular weight is 276 g/mol. The summed E-state index contributed by atoms with van der Waals surface area (Å²) in [5, 5.41) is 9.46. The summed E-state index contributed by atoms with van der Waals surface area (Å²) in [5.74, 6) is 4.29. The van der Waals surface area contributed by atoms with Crippen molar-refractivity contribution >= 4 is 5.91 Å². The largest absolute Gasteiger partial charge is 0.508 e. The van der Waals surface area contributed by atoms with Crippen molar-refractivity contribution in [2.24, 2.45) is 5.84 Å². The molecule has 0 bridgehead atoms. The van der Waals surface area contributed by atoms with E-state index in [4.69, 9.17) is 10.6 Å². The number of nitrogens with two attached hydrogens (primary N) is 1. The summed E-state index contributed by atoms with van der Waals surface area (Å²) in [4.78, 5) is 11.7. The van der Waals surface area contributed by atoms with E-state index in [-0.39, 0.29) is 16.9 Å². The van der Waals surface area contributed by atoms with Crippen LogP contribution in [0.15, 0.2) is 36.4 Å². The van der Waals surface area contributed by atoms with E-state index in [1.54, 1.807) is 0 Å². The van der Waals surface area contributed by atoms with Gasteiger partial charge in [0.25, 0.3) is 5.91 Å². The minimum atomic E-state index is -0.627. The van der Waals surface area contributed by atoms with Crippen LogP contribution in [-0.2, 0) is 0 Å². The summed E-state index contributed by atoms with van der Waals surface area (Å²) in [6, 6.07) is 8.21. The summed E-state index contributed by atoms with van der Waals surface area (Å²) < 4.78 is 19.0. The van der Waals surface area contributed by atoms with E-state index in [0.717, 1.165) is 0 Å². The number of halogens is 1. The van der Waals surface area contributed by atoms with E-state index in [2.05, 4.69) is 0 Å². The average Bonchev–Trinajstić information content (AvgIpc) is 2.47. The van der Waals surface area contributed by atoms with E-state index in [1.807, 2.05) is 5.43 Å². The van der Waals surface area contributed by atoms with Crippen LogP contribution in [0.3, 0.4) is 0 Å². The predicted octanol–water partition coefficient (Wildman–Crippen LogP) is 1.81. The van der Waals surface area contributed by atoms with Crippen molar-refractivity contribution in [2.45, 2.75) is 0 Å². The highest BCUT2D eigenvalue weighted by atomic mass is 19.1. The molecule has 2 rings (SSSR count). The van der Waals surface area contributed by atoms with Gasteiger partial charge in [-0.25, -0.2) is 10.2 Å². The Hall–Kier alpha value is -2.60. The zero-order valence-electron chi connectivity index (χ0n) is 10.7. The standard InChI is InChI=1S/C14H13FN2O3/c1-20-9-3-5-13(15)11(7-9)10-4-2-8(18)6-12(10)14(19)17-16/h2-7,18H,16H2,1H3,(H,17,19). The van der Waals surface area contributed by atoms with Crippen molar-refractivity contribution in [1.29, 1.82) is 0 Å². The van der Waals surface area contributed by atoms with Gasteiger partial charge >= 0.3 is 0 Å². The van der Waals surface area contributed by atoms with Gasteiger partial charge in [0, 0.05) is 5.56 Å². The maximum Gasteiger partial charge on any atom is 0.265 e. The molecule has 0 spiro atoms. The van der Waals surface area contributed by atoms with Crippen molar-refractivity contribution in [3.8, 4) is 22.6 Å². The molecule has 6 heteroatoms. The number of methoxy groups -OCH3 is 1. The molecule has 0 radical (unpaired) electrons. The number of aromatic hydroxyl groups is 1. The number of phenols is 1. The van der Waals surface area contributed by atoms with Crippen LogP contribution >= 0.6 is 0 Å². The van der Waals surface area contributed by atoms with E-state index in [9.17, 15) is 14.3 Å². The zero-order valence-corrected chi connectivity index (χ0v) is 10.7. The van der Waals surface area contributed by atoms with Crippen molar-refractivity contribution in [2.75, 3.05) is 7.11 Å². The van der Waals surface area contributed by atoms with Crippen molar-refractivity contribution in [1.82, 2.24) is 5.43 Å². The van der Waals surface area contributed by atoms with Crippen LogP contribution < -0.4 is 16.0 Å². The smallest absolute Gasteiger partial charge is 0.265 e. The number of benzene rings is 2. The van der Waals surface area contributed by atoms with Gasteiger partial charge in [0.15, 0.2) is 0 Å². The lowest BCUT2D eigenvalue weighted by Crippen LogP contribution is -2.30. The maximum atomic E-state index is 14.0. The first kappa shape index (κ1) is 13.8. The normalized spacial score (nSPS) is 10.2. The Bertz CT molecular complexity index is 659. The van der Waals surface area contributed by atoms with Crippen LogP contribution in [0.1, 0.15) is 10.4 Å². The van der Waals surface area contributed by atoms with Gasteiger partial charge in [0.05, 0.1) is 12.7 Å². The van der Waals surface area contributed by atoms with Crippen LogP contribution in [0.4, 0.5) is 4.39 Å².